The fraction of sp³-hybridized carbons (Fsp3) is 0.400. The van der Waals surface area contributed by atoms with Gasteiger partial charge in [-0.1, -0.05) is 55.5 Å². The molecule has 0 fully saturated rings. The second-order valence-corrected chi connectivity index (χ2v) is 9.18. The molecule has 2 atom stereocenters. The van der Waals surface area contributed by atoms with E-state index in [9.17, 15) is 14.4 Å². The predicted molar refractivity (Wildman–Crippen MR) is 129 cm³/mol. The van der Waals surface area contributed by atoms with E-state index in [0.717, 1.165) is 22.3 Å². The number of amides is 2. The summed E-state index contributed by atoms with van der Waals surface area (Å²) >= 11 is 1.54. The Bertz CT molecular complexity index is 966. The molecule has 176 valence electrons. The highest BCUT2D eigenvalue weighted by Gasteiger charge is 2.30. The van der Waals surface area contributed by atoms with Gasteiger partial charge in [-0.3, -0.25) is 9.59 Å². The molecule has 1 aliphatic rings. The van der Waals surface area contributed by atoms with Crippen molar-refractivity contribution in [1.82, 2.24) is 10.2 Å². The molecule has 2 aromatic carbocycles. The van der Waals surface area contributed by atoms with E-state index in [2.05, 4.69) is 29.6 Å². The van der Waals surface area contributed by atoms with Crippen LogP contribution in [0.5, 0.6) is 0 Å². The number of rotatable bonds is 10. The topological polar surface area (TPSA) is 95.9 Å². The van der Waals surface area contributed by atoms with Crippen molar-refractivity contribution in [3.05, 3.63) is 59.7 Å². The molecular weight excluding hydrogens is 440 g/mol. The van der Waals surface area contributed by atoms with Crippen LogP contribution in [0.3, 0.4) is 0 Å². The summed E-state index contributed by atoms with van der Waals surface area (Å²) in [5.74, 6) is -1.37. The van der Waals surface area contributed by atoms with Crippen molar-refractivity contribution in [3.8, 4) is 11.1 Å². The summed E-state index contributed by atoms with van der Waals surface area (Å²) in [5.41, 5.74) is 4.55. The Morgan fingerprint density at radius 2 is 1.64 bits per heavy atom. The summed E-state index contributed by atoms with van der Waals surface area (Å²) in [6, 6.07) is 15.7. The van der Waals surface area contributed by atoms with Crippen molar-refractivity contribution in [1.29, 1.82) is 0 Å². The van der Waals surface area contributed by atoms with Gasteiger partial charge < -0.3 is 20.1 Å². The van der Waals surface area contributed by atoms with Crippen LogP contribution < -0.4 is 5.32 Å². The Kier molecular flexibility index (Phi) is 8.38. The number of benzene rings is 2. The summed E-state index contributed by atoms with van der Waals surface area (Å²) < 4.78 is 5.56. The number of hydrogen-bond donors (Lipinski definition) is 2. The molecule has 0 radical (unpaired) electrons. The molecule has 0 saturated heterocycles. The number of alkyl carbamates (subject to hydrolysis) is 1. The van der Waals surface area contributed by atoms with Crippen molar-refractivity contribution >= 4 is 29.7 Å². The number of carboxylic acids is 1. The average Bonchev–Trinajstić information content (AvgIpc) is 3.13. The first-order valence-corrected chi connectivity index (χ1v) is 12.3. The molecule has 0 bridgehead atoms. The minimum atomic E-state index is -1.06. The molecule has 2 amide bonds. The molecule has 0 saturated carbocycles. The molecule has 8 heteroatoms. The molecule has 0 aromatic heterocycles. The zero-order chi connectivity index (χ0) is 24.0. The molecule has 2 N–H and O–H groups in total. The van der Waals surface area contributed by atoms with Gasteiger partial charge in [0.15, 0.2) is 0 Å². The number of aliphatic carboxylic acids is 1. The lowest BCUT2D eigenvalue weighted by atomic mass is 9.98. The van der Waals surface area contributed by atoms with Gasteiger partial charge in [0.1, 0.15) is 13.2 Å². The molecule has 33 heavy (non-hydrogen) atoms. The van der Waals surface area contributed by atoms with E-state index in [4.69, 9.17) is 9.84 Å². The smallest absolute Gasteiger partial charge is 0.407 e. The van der Waals surface area contributed by atoms with Crippen LogP contribution in [0.4, 0.5) is 4.79 Å². The molecule has 1 aliphatic carbocycles. The Labute approximate surface area is 198 Å². The van der Waals surface area contributed by atoms with Gasteiger partial charge in [0.05, 0.1) is 5.92 Å². The molecule has 7 nitrogen and oxygen atoms in total. The maximum atomic E-state index is 12.8. The van der Waals surface area contributed by atoms with Crippen LogP contribution in [-0.2, 0) is 14.3 Å². The summed E-state index contributed by atoms with van der Waals surface area (Å²) in [5, 5.41) is 11.9. The van der Waals surface area contributed by atoms with Crippen LogP contribution in [0.25, 0.3) is 11.1 Å². The van der Waals surface area contributed by atoms with Crippen LogP contribution in [0.2, 0.25) is 0 Å². The SMILES string of the molecule is CSCCN(CC(=O)O)C(=O)C(C)C(C)NC(=O)OCC1c2ccccc2-c2ccccc21. The maximum Gasteiger partial charge on any atom is 0.407 e. The number of carboxylic acid groups (broad SMARTS) is 1. The highest BCUT2D eigenvalue weighted by molar-refractivity contribution is 7.98. The van der Waals surface area contributed by atoms with Crippen molar-refractivity contribution in [2.45, 2.75) is 25.8 Å². The first-order chi connectivity index (χ1) is 15.8. The fourth-order valence-electron chi connectivity index (χ4n) is 4.08. The second-order valence-electron chi connectivity index (χ2n) is 8.19. The van der Waals surface area contributed by atoms with E-state index in [0.29, 0.717) is 12.3 Å². The molecule has 2 unspecified atom stereocenters. The number of ether oxygens (including phenoxy) is 1. The molecule has 2 aromatic rings. The molecule has 0 heterocycles. The standard InChI is InChI=1S/C25H30N2O5S/c1-16(24(30)27(12-13-33-3)14-23(28)29)17(2)26-25(31)32-15-22-20-10-6-4-8-18(20)19-9-5-7-11-21(19)22/h4-11,16-17,22H,12-15H2,1-3H3,(H,26,31)(H,28,29). The Hall–Kier alpha value is -3.00. The summed E-state index contributed by atoms with van der Waals surface area (Å²) in [6.07, 6.45) is 1.30. The predicted octanol–water partition coefficient (Wildman–Crippen LogP) is 3.83. The van der Waals surface area contributed by atoms with E-state index in [1.165, 1.54) is 16.7 Å². The first-order valence-electron chi connectivity index (χ1n) is 10.9. The van der Waals surface area contributed by atoms with Crippen LogP contribution in [-0.4, -0.2) is 65.7 Å². The first kappa shape index (κ1) is 24.6. The van der Waals surface area contributed by atoms with Gasteiger partial charge in [0.25, 0.3) is 0 Å². The Morgan fingerprint density at radius 3 is 2.18 bits per heavy atom. The number of fused-ring (bicyclic) bond motifs is 3. The summed E-state index contributed by atoms with van der Waals surface area (Å²) in [4.78, 5) is 37.8. The van der Waals surface area contributed by atoms with E-state index >= 15 is 0 Å². The highest BCUT2D eigenvalue weighted by atomic mass is 32.2. The van der Waals surface area contributed by atoms with Gasteiger partial charge in [0, 0.05) is 24.3 Å². The van der Waals surface area contributed by atoms with Gasteiger partial charge in [-0.05, 0) is 35.4 Å². The van der Waals surface area contributed by atoms with Gasteiger partial charge in [-0.15, -0.1) is 0 Å². The fourth-order valence-corrected chi connectivity index (χ4v) is 4.49. The largest absolute Gasteiger partial charge is 0.480 e. The lowest BCUT2D eigenvalue weighted by Gasteiger charge is -2.27. The molecule has 0 aliphatic heterocycles. The zero-order valence-electron chi connectivity index (χ0n) is 19.1. The molecule has 3 rings (SSSR count). The number of thioether (sulfide) groups is 1. The zero-order valence-corrected chi connectivity index (χ0v) is 19.9. The van der Waals surface area contributed by atoms with Crippen LogP contribution in [0, 0.1) is 5.92 Å². The average molecular weight is 471 g/mol. The van der Waals surface area contributed by atoms with Crippen LogP contribution in [0.15, 0.2) is 48.5 Å². The van der Waals surface area contributed by atoms with E-state index in [-0.39, 0.29) is 25.0 Å². The van der Waals surface area contributed by atoms with Gasteiger partial charge in [-0.2, -0.15) is 11.8 Å². The number of nitrogens with zero attached hydrogens (tertiary/aromatic N) is 1. The number of carbonyl (C=O) groups is 3. The van der Waals surface area contributed by atoms with E-state index in [1.54, 1.807) is 13.8 Å². The second kappa shape index (κ2) is 11.2. The van der Waals surface area contributed by atoms with E-state index in [1.807, 2.05) is 30.5 Å². The highest BCUT2D eigenvalue weighted by Crippen LogP contribution is 2.44. The number of nitrogens with one attached hydrogen (secondary N) is 1. The van der Waals surface area contributed by atoms with E-state index < -0.39 is 24.0 Å². The number of hydrogen-bond acceptors (Lipinski definition) is 5. The minimum absolute atomic E-state index is 0.0462. The molecule has 0 spiro atoms. The number of carbonyl (C=O) groups excluding carboxylic acids is 2. The normalized spacial score (nSPS) is 14.0. The van der Waals surface area contributed by atoms with Gasteiger partial charge in [0.2, 0.25) is 5.91 Å². The van der Waals surface area contributed by atoms with Crippen LogP contribution >= 0.6 is 11.8 Å². The summed E-state index contributed by atoms with van der Waals surface area (Å²) in [6.45, 7) is 3.58. The van der Waals surface area contributed by atoms with Crippen molar-refractivity contribution in [3.63, 3.8) is 0 Å². The summed E-state index contributed by atoms with van der Waals surface area (Å²) in [7, 11) is 0. The Balaban J connectivity index is 1.59. The third kappa shape index (κ3) is 5.87. The third-order valence-corrected chi connectivity index (χ3v) is 6.62. The minimum Gasteiger partial charge on any atom is -0.480 e. The van der Waals surface area contributed by atoms with Crippen molar-refractivity contribution in [2.24, 2.45) is 5.92 Å². The van der Waals surface area contributed by atoms with Crippen LogP contribution in [0.1, 0.15) is 30.9 Å². The quantitative estimate of drug-likeness (QED) is 0.548. The van der Waals surface area contributed by atoms with Crippen molar-refractivity contribution in [2.75, 3.05) is 31.7 Å². The maximum absolute atomic E-state index is 12.8. The lowest BCUT2D eigenvalue weighted by molar-refractivity contribution is -0.146. The van der Waals surface area contributed by atoms with Crippen molar-refractivity contribution < 1.29 is 24.2 Å². The third-order valence-electron chi connectivity index (χ3n) is 6.03. The Morgan fingerprint density at radius 1 is 1.06 bits per heavy atom. The van der Waals surface area contributed by atoms with Gasteiger partial charge >= 0.3 is 12.1 Å². The molecular formula is C25H30N2O5S. The van der Waals surface area contributed by atoms with Gasteiger partial charge in [-0.25, -0.2) is 4.79 Å². The monoisotopic (exact) mass is 470 g/mol. The lowest BCUT2D eigenvalue weighted by Crippen LogP contribution is -2.47.